The molecule has 6 heteroatoms. The maximum Gasteiger partial charge on any atom is 0.225 e. The molecule has 1 aliphatic rings. The van der Waals surface area contributed by atoms with Crippen molar-refractivity contribution in [3.05, 3.63) is 29.3 Å². The van der Waals surface area contributed by atoms with Gasteiger partial charge in [0, 0.05) is 24.7 Å². The fraction of sp³-hybridized carbons (Fsp3) is 0.588. The maximum atomic E-state index is 12.2. The molecule has 1 aromatic rings. The van der Waals surface area contributed by atoms with Crippen molar-refractivity contribution in [1.82, 2.24) is 5.32 Å². The molecule has 1 fully saturated rings. The van der Waals surface area contributed by atoms with Crippen LogP contribution in [-0.4, -0.2) is 38.4 Å². The Labute approximate surface area is 138 Å². The number of benzene rings is 1. The van der Waals surface area contributed by atoms with Gasteiger partial charge in [-0.1, -0.05) is 32.0 Å². The molecule has 23 heavy (non-hydrogen) atoms. The van der Waals surface area contributed by atoms with Crippen LogP contribution >= 0.6 is 0 Å². The lowest BCUT2D eigenvalue weighted by Crippen LogP contribution is -2.32. The van der Waals surface area contributed by atoms with Gasteiger partial charge in [0.2, 0.25) is 5.91 Å². The minimum absolute atomic E-state index is 0.0121. The van der Waals surface area contributed by atoms with Crippen molar-refractivity contribution in [1.29, 1.82) is 0 Å². The van der Waals surface area contributed by atoms with Gasteiger partial charge in [0.1, 0.15) is 0 Å². The lowest BCUT2D eigenvalue weighted by Gasteiger charge is -2.15. The van der Waals surface area contributed by atoms with Crippen LogP contribution in [0.2, 0.25) is 0 Å². The Morgan fingerprint density at radius 3 is 2.39 bits per heavy atom. The number of aryl methyl sites for hydroxylation is 2. The Bertz CT molecular complexity index is 634. The first kappa shape index (κ1) is 17.9. The molecule has 0 radical (unpaired) electrons. The number of para-hydroxylation sites is 1. The zero-order valence-corrected chi connectivity index (χ0v) is 14.7. The molecule has 128 valence electrons. The summed E-state index contributed by atoms with van der Waals surface area (Å²) in [7, 11) is -2.88. The minimum atomic E-state index is -2.88. The molecule has 1 atom stereocenters. The van der Waals surface area contributed by atoms with E-state index in [1.165, 1.54) is 0 Å². The lowest BCUT2D eigenvalue weighted by molar-refractivity contribution is -0.116. The summed E-state index contributed by atoms with van der Waals surface area (Å²) in [5.74, 6) is 0.405. The van der Waals surface area contributed by atoms with Crippen LogP contribution in [-0.2, 0) is 27.5 Å². The lowest BCUT2D eigenvalue weighted by atomic mass is 10.0. The molecular weight excluding hydrogens is 312 g/mol. The van der Waals surface area contributed by atoms with E-state index in [2.05, 4.69) is 24.5 Å². The highest BCUT2D eigenvalue weighted by Crippen LogP contribution is 2.22. The summed E-state index contributed by atoms with van der Waals surface area (Å²) in [5, 5.41) is 6.20. The van der Waals surface area contributed by atoms with Crippen LogP contribution < -0.4 is 10.6 Å². The fourth-order valence-corrected chi connectivity index (χ4v) is 4.66. The molecule has 0 spiro atoms. The summed E-state index contributed by atoms with van der Waals surface area (Å²) in [6.07, 6.45) is 2.74. The second-order valence-electron chi connectivity index (χ2n) is 6.01. The number of nitrogens with one attached hydrogen (secondary N) is 2. The van der Waals surface area contributed by atoms with Crippen LogP contribution in [0.4, 0.5) is 5.69 Å². The van der Waals surface area contributed by atoms with Crippen molar-refractivity contribution in [3.63, 3.8) is 0 Å². The third-order valence-corrected chi connectivity index (χ3v) is 6.05. The van der Waals surface area contributed by atoms with Crippen LogP contribution in [0.15, 0.2) is 18.2 Å². The number of hydrogen-bond acceptors (Lipinski definition) is 4. The first-order valence-electron chi connectivity index (χ1n) is 8.29. The molecule has 1 aromatic carbocycles. The highest BCUT2D eigenvalue weighted by Gasteiger charge is 2.27. The Hall–Kier alpha value is -1.40. The molecule has 1 aliphatic heterocycles. The van der Waals surface area contributed by atoms with E-state index in [0.717, 1.165) is 29.7 Å². The Morgan fingerprint density at radius 1 is 1.22 bits per heavy atom. The zero-order valence-electron chi connectivity index (χ0n) is 13.9. The van der Waals surface area contributed by atoms with Crippen molar-refractivity contribution in [2.75, 3.05) is 23.4 Å². The molecule has 1 heterocycles. The standard InChI is InChI=1S/C17H26N2O3S/c1-3-13-6-5-7-14(4-2)17(13)19-16(20)8-10-18-15-9-11-23(21,22)12-15/h5-7,15,18H,3-4,8-12H2,1-2H3,(H,19,20). The van der Waals surface area contributed by atoms with Crippen molar-refractivity contribution in [2.24, 2.45) is 0 Å². The monoisotopic (exact) mass is 338 g/mol. The van der Waals surface area contributed by atoms with Gasteiger partial charge in [-0.05, 0) is 30.4 Å². The molecule has 1 amide bonds. The smallest absolute Gasteiger partial charge is 0.225 e. The number of amides is 1. The van der Waals surface area contributed by atoms with Gasteiger partial charge in [-0.2, -0.15) is 0 Å². The van der Waals surface area contributed by atoms with E-state index in [4.69, 9.17) is 0 Å². The highest BCUT2D eigenvalue weighted by molar-refractivity contribution is 7.91. The number of carbonyl (C=O) groups is 1. The van der Waals surface area contributed by atoms with E-state index in [9.17, 15) is 13.2 Å². The van der Waals surface area contributed by atoms with E-state index in [1.807, 2.05) is 18.2 Å². The van der Waals surface area contributed by atoms with E-state index in [1.54, 1.807) is 0 Å². The molecule has 5 nitrogen and oxygen atoms in total. The van der Waals surface area contributed by atoms with Crippen LogP contribution in [0.25, 0.3) is 0 Å². The summed E-state index contributed by atoms with van der Waals surface area (Å²) < 4.78 is 22.8. The van der Waals surface area contributed by atoms with Gasteiger partial charge >= 0.3 is 0 Å². The van der Waals surface area contributed by atoms with Gasteiger partial charge in [-0.15, -0.1) is 0 Å². The Morgan fingerprint density at radius 2 is 1.87 bits per heavy atom. The van der Waals surface area contributed by atoms with E-state index in [0.29, 0.717) is 19.4 Å². The summed E-state index contributed by atoms with van der Waals surface area (Å²) in [6.45, 7) is 4.65. The van der Waals surface area contributed by atoms with Crippen LogP contribution in [0.5, 0.6) is 0 Å². The average molecular weight is 338 g/mol. The van der Waals surface area contributed by atoms with Gasteiger partial charge < -0.3 is 10.6 Å². The summed E-state index contributed by atoms with van der Waals surface area (Å²) in [6, 6.07) is 6.09. The fourth-order valence-electron chi connectivity index (χ4n) is 2.95. The van der Waals surface area contributed by atoms with E-state index >= 15 is 0 Å². The summed E-state index contributed by atoms with van der Waals surface area (Å²) in [4.78, 5) is 12.2. The SMILES string of the molecule is CCc1cccc(CC)c1NC(=O)CCNC1CCS(=O)(=O)C1. The summed E-state index contributed by atoms with van der Waals surface area (Å²) in [5.41, 5.74) is 3.23. The first-order valence-corrected chi connectivity index (χ1v) is 10.1. The van der Waals surface area contributed by atoms with Crippen molar-refractivity contribution >= 4 is 21.4 Å². The number of rotatable bonds is 7. The normalized spacial score (nSPS) is 19.7. The maximum absolute atomic E-state index is 12.2. The Kier molecular flexibility index (Phi) is 6.18. The molecule has 0 aliphatic carbocycles. The third-order valence-electron chi connectivity index (χ3n) is 4.28. The average Bonchev–Trinajstić information content (AvgIpc) is 2.86. The molecule has 1 unspecified atom stereocenters. The molecule has 0 saturated carbocycles. The third kappa shape index (κ3) is 5.04. The molecular formula is C17H26N2O3S. The number of hydrogen-bond donors (Lipinski definition) is 2. The topological polar surface area (TPSA) is 75.3 Å². The second-order valence-corrected chi connectivity index (χ2v) is 8.24. The predicted molar refractivity (Wildman–Crippen MR) is 93.5 cm³/mol. The molecule has 1 saturated heterocycles. The molecule has 2 N–H and O–H groups in total. The van der Waals surface area contributed by atoms with E-state index in [-0.39, 0.29) is 23.5 Å². The Balaban J connectivity index is 1.86. The number of anilines is 1. The van der Waals surface area contributed by atoms with Gasteiger partial charge in [0.15, 0.2) is 9.84 Å². The van der Waals surface area contributed by atoms with Gasteiger partial charge in [-0.25, -0.2) is 8.42 Å². The highest BCUT2D eigenvalue weighted by atomic mass is 32.2. The van der Waals surface area contributed by atoms with Crippen molar-refractivity contribution < 1.29 is 13.2 Å². The summed E-state index contributed by atoms with van der Waals surface area (Å²) >= 11 is 0. The quantitative estimate of drug-likeness (QED) is 0.796. The molecule has 2 rings (SSSR count). The molecule has 0 bridgehead atoms. The first-order chi connectivity index (χ1) is 10.9. The van der Waals surface area contributed by atoms with Crippen LogP contribution in [0.3, 0.4) is 0 Å². The largest absolute Gasteiger partial charge is 0.326 e. The van der Waals surface area contributed by atoms with E-state index < -0.39 is 9.84 Å². The van der Waals surface area contributed by atoms with Gasteiger partial charge in [0.05, 0.1) is 11.5 Å². The van der Waals surface area contributed by atoms with Gasteiger partial charge in [-0.3, -0.25) is 4.79 Å². The molecule has 0 aromatic heterocycles. The number of sulfone groups is 1. The minimum Gasteiger partial charge on any atom is -0.326 e. The zero-order chi connectivity index (χ0) is 16.9. The second kappa shape index (κ2) is 7.93. The van der Waals surface area contributed by atoms with Crippen molar-refractivity contribution in [3.8, 4) is 0 Å². The van der Waals surface area contributed by atoms with Gasteiger partial charge in [0.25, 0.3) is 0 Å². The predicted octanol–water partition coefficient (Wildman–Crippen LogP) is 1.92. The number of carbonyl (C=O) groups excluding carboxylic acids is 1. The van der Waals surface area contributed by atoms with Crippen LogP contribution in [0, 0.1) is 0 Å². The van der Waals surface area contributed by atoms with Crippen molar-refractivity contribution in [2.45, 2.75) is 45.6 Å². The van der Waals surface area contributed by atoms with Crippen LogP contribution in [0.1, 0.15) is 37.8 Å².